The minimum Gasteiger partial charge on any atom is -0.344 e. The number of amides is 2. The van der Waals surface area contributed by atoms with E-state index >= 15 is 0 Å². The first-order valence-corrected chi connectivity index (χ1v) is 8.14. The van der Waals surface area contributed by atoms with Gasteiger partial charge in [-0.25, -0.2) is 4.98 Å². The molecule has 0 aromatic carbocycles. The number of anilines is 1. The maximum absolute atomic E-state index is 11.9. The van der Waals surface area contributed by atoms with Gasteiger partial charge < -0.3 is 14.8 Å². The molecule has 0 fully saturated rings. The number of thiazole rings is 1. The van der Waals surface area contributed by atoms with Gasteiger partial charge in [-0.15, -0.1) is 10.2 Å². The van der Waals surface area contributed by atoms with Gasteiger partial charge in [-0.05, 0) is 6.92 Å². The molecule has 8 nitrogen and oxygen atoms in total. The fraction of sp³-hybridized carbons (Fsp3) is 0.417. The van der Waals surface area contributed by atoms with E-state index in [0.717, 1.165) is 0 Å². The normalized spacial score (nSPS) is 10.5. The average Bonchev–Trinajstić information content (AvgIpc) is 3.01. The highest BCUT2D eigenvalue weighted by Crippen LogP contribution is 2.24. The van der Waals surface area contributed by atoms with Crippen molar-refractivity contribution >= 4 is 40.0 Å². The molecule has 0 spiro atoms. The minimum atomic E-state index is -0.203. The molecule has 2 rings (SSSR count). The number of carbonyl (C=O) groups excluding carboxylic acids is 2. The lowest BCUT2D eigenvalue weighted by Gasteiger charge is -2.07. The molecule has 0 atom stereocenters. The second kappa shape index (κ2) is 6.88. The standard InChI is InChI=1S/C12H16N6O2S2/c1-7-9(10(20)17(2)3)22-11(14-7)15-8(19)5-21-12-16-13-6-18(12)4/h6H,5H2,1-4H3,(H,14,15,19). The van der Waals surface area contributed by atoms with Gasteiger partial charge in [-0.1, -0.05) is 23.1 Å². The molecule has 0 aliphatic carbocycles. The van der Waals surface area contributed by atoms with E-state index in [1.807, 2.05) is 7.05 Å². The first-order valence-electron chi connectivity index (χ1n) is 6.34. The van der Waals surface area contributed by atoms with Gasteiger partial charge in [-0.2, -0.15) is 0 Å². The van der Waals surface area contributed by atoms with Gasteiger partial charge in [0.05, 0.1) is 11.4 Å². The third-order valence-corrected chi connectivity index (χ3v) is 4.74. The van der Waals surface area contributed by atoms with Gasteiger partial charge in [0.1, 0.15) is 11.2 Å². The lowest BCUT2D eigenvalue weighted by Crippen LogP contribution is -2.21. The molecule has 0 bridgehead atoms. The number of nitrogens with one attached hydrogen (secondary N) is 1. The molecule has 2 aromatic heterocycles. The monoisotopic (exact) mass is 340 g/mol. The van der Waals surface area contributed by atoms with Gasteiger partial charge >= 0.3 is 0 Å². The molecule has 1 N–H and O–H groups in total. The third kappa shape index (κ3) is 3.83. The summed E-state index contributed by atoms with van der Waals surface area (Å²) in [6.45, 7) is 1.75. The van der Waals surface area contributed by atoms with Crippen molar-refractivity contribution < 1.29 is 9.59 Å². The van der Waals surface area contributed by atoms with E-state index in [0.29, 0.717) is 20.9 Å². The zero-order valence-corrected chi connectivity index (χ0v) is 14.3. The van der Waals surface area contributed by atoms with Gasteiger partial charge in [0.25, 0.3) is 5.91 Å². The predicted molar refractivity (Wildman–Crippen MR) is 85.2 cm³/mol. The quantitative estimate of drug-likeness (QED) is 0.817. The molecule has 0 aliphatic heterocycles. The fourth-order valence-electron chi connectivity index (χ4n) is 1.54. The van der Waals surface area contributed by atoms with Crippen molar-refractivity contribution in [2.75, 3.05) is 25.2 Å². The summed E-state index contributed by atoms with van der Waals surface area (Å²) in [6.07, 6.45) is 1.57. The molecule has 0 unspecified atom stereocenters. The van der Waals surface area contributed by atoms with Crippen LogP contribution in [0.3, 0.4) is 0 Å². The van der Waals surface area contributed by atoms with Gasteiger partial charge in [0.15, 0.2) is 10.3 Å². The number of thioether (sulfide) groups is 1. The van der Waals surface area contributed by atoms with Crippen LogP contribution in [0.4, 0.5) is 5.13 Å². The van der Waals surface area contributed by atoms with Crippen LogP contribution in [-0.2, 0) is 11.8 Å². The van der Waals surface area contributed by atoms with Gasteiger partial charge in [0, 0.05) is 21.1 Å². The summed E-state index contributed by atoms with van der Waals surface area (Å²) in [5.74, 6) is -0.128. The van der Waals surface area contributed by atoms with E-state index < -0.39 is 0 Å². The molecule has 2 aromatic rings. The van der Waals surface area contributed by atoms with E-state index in [1.165, 1.54) is 28.0 Å². The molecular formula is C12H16N6O2S2. The van der Waals surface area contributed by atoms with Crippen LogP contribution in [0.2, 0.25) is 0 Å². The Morgan fingerprint density at radius 1 is 1.45 bits per heavy atom. The predicted octanol–water partition coefficient (Wildman–Crippen LogP) is 1.01. The molecule has 118 valence electrons. The molecule has 22 heavy (non-hydrogen) atoms. The highest BCUT2D eigenvalue weighted by atomic mass is 32.2. The van der Waals surface area contributed by atoms with Crippen molar-refractivity contribution in [2.45, 2.75) is 12.1 Å². The van der Waals surface area contributed by atoms with Crippen molar-refractivity contribution in [3.05, 3.63) is 16.9 Å². The summed E-state index contributed by atoms with van der Waals surface area (Å²) in [5, 5.41) is 11.4. The van der Waals surface area contributed by atoms with Crippen LogP contribution < -0.4 is 5.32 Å². The Kier molecular flexibility index (Phi) is 5.14. The van der Waals surface area contributed by atoms with E-state index in [4.69, 9.17) is 0 Å². The Bertz CT molecular complexity index is 694. The van der Waals surface area contributed by atoms with Crippen LogP contribution in [0, 0.1) is 6.92 Å². The van der Waals surface area contributed by atoms with Crippen LogP contribution >= 0.6 is 23.1 Å². The Balaban J connectivity index is 1.96. The lowest BCUT2D eigenvalue weighted by atomic mass is 10.3. The zero-order valence-electron chi connectivity index (χ0n) is 12.7. The highest BCUT2D eigenvalue weighted by molar-refractivity contribution is 7.99. The van der Waals surface area contributed by atoms with Crippen molar-refractivity contribution in [3.8, 4) is 0 Å². The molecule has 2 amide bonds. The number of hydrogen-bond acceptors (Lipinski definition) is 7. The van der Waals surface area contributed by atoms with Crippen LogP contribution in [0.1, 0.15) is 15.4 Å². The van der Waals surface area contributed by atoms with Gasteiger partial charge in [-0.3, -0.25) is 9.59 Å². The average molecular weight is 340 g/mol. The zero-order chi connectivity index (χ0) is 16.3. The Hall–Kier alpha value is -1.94. The van der Waals surface area contributed by atoms with Crippen molar-refractivity contribution in [3.63, 3.8) is 0 Å². The Morgan fingerprint density at radius 2 is 2.18 bits per heavy atom. The second-order valence-corrected chi connectivity index (χ2v) is 6.64. The third-order valence-electron chi connectivity index (χ3n) is 2.65. The number of rotatable bonds is 5. The molecule has 0 radical (unpaired) electrons. The SMILES string of the molecule is Cc1nc(NC(=O)CSc2nncn2C)sc1C(=O)N(C)C. The van der Waals surface area contributed by atoms with E-state index in [1.54, 1.807) is 31.9 Å². The van der Waals surface area contributed by atoms with E-state index in [9.17, 15) is 9.59 Å². The Morgan fingerprint density at radius 3 is 2.77 bits per heavy atom. The number of aryl methyl sites for hydroxylation is 2. The second-order valence-electron chi connectivity index (χ2n) is 4.69. The molecule has 0 saturated carbocycles. The number of nitrogens with zero attached hydrogens (tertiary/aromatic N) is 5. The first-order chi connectivity index (χ1) is 10.4. The van der Waals surface area contributed by atoms with Crippen LogP contribution in [0.15, 0.2) is 11.5 Å². The lowest BCUT2D eigenvalue weighted by molar-refractivity contribution is -0.113. The molecule has 10 heteroatoms. The van der Waals surface area contributed by atoms with Crippen LogP contribution in [0.5, 0.6) is 0 Å². The van der Waals surface area contributed by atoms with Crippen molar-refractivity contribution in [1.82, 2.24) is 24.6 Å². The Labute approximate surface area is 135 Å². The maximum Gasteiger partial charge on any atom is 0.265 e. The number of hydrogen-bond donors (Lipinski definition) is 1. The summed E-state index contributed by atoms with van der Waals surface area (Å²) < 4.78 is 1.74. The smallest absolute Gasteiger partial charge is 0.265 e. The molecule has 0 aliphatic rings. The molecule has 2 heterocycles. The van der Waals surface area contributed by atoms with E-state index in [-0.39, 0.29) is 17.6 Å². The molecular weight excluding hydrogens is 324 g/mol. The number of carbonyl (C=O) groups is 2. The summed E-state index contributed by atoms with van der Waals surface area (Å²) in [7, 11) is 5.16. The maximum atomic E-state index is 11.9. The summed E-state index contributed by atoms with van der Waals surface area (Å²) in [6, 6.07) is 0. The summed E-state index contributed by atoms with van der Waals surface area (Å²) >= 11 is 2.46. The van der Waals surface area contributed by atoms with Crippen LogP contribution in [-0.4, -0.2) is 56.3 Å². The minimum absolute atomic E-state index is 0.121. The first kappa shape index (κ1) is 16.4. The van der Waals surface area contributed by atoms with Crippen LogP contribution in [0.25, 0.3) is 0 Å². The topological polar surface area (TPSA) is 93.0 Å². The van der Waals surface area contributed by atoms with E-state index in [2.05, 4.69) is 20.5 Å². The van der Waals surface area contributed by atoms with Crippen molar-refractivity contribution in [1.29, 1.82) is 0 Å². The fourth-order valence-corrected chi connectivity index (χ4v) is 3.23. The van der Waals surface area contributed by atoms with Gasteiger partial charge in [0.2, 0.25) is 5.91 Å². The largest absolute Gasteiger partial charge is 0.344 e. The molecule has 0 saturated heterocycles. The van der Waals surface area contributed by atoms with Crippen molar-refractivity contribution in [2.24, 2.45) is 7.05 Å². The summed E-state index contributed by atoms with van der Waals surface area (Å²) in [4.78, 5) is 30.1. The highest BCUT2D eigenvalue weighted by Gasteiger charge is 2.18. The number of aromatic nitrogens is 4. The summed E-state index contributed by atoms with van der Waals surface area (Å²) in [5.41, 5.74) is 0.611.